The summed E-state index contributed by atoms with van der Waals surface area (Å²) in [5, 5.41) is 11.2. The number of hydrogen-bond donors (Lipinski definition) is 2. The minimum atomic E-state index is -4.80. The number of halogens is 5. The van der Waals surface area contributed by atoms with Crippen molar-refractivity contribution in [1.29, 1.82) is 0 Å². The summed E-state index contributed by atoms with van der Waals surface area (Å²) in [5.74, 6) is -1.79. The van der Waals surface area contributed by atoms with Crippen molar-refractivity contribution in [2.45, 2.75) is 24.6 Å². The SMILES string of the molecule is O=C(NC(Cc1cc(Cl)c(Cl)cc1C(F)(F)F)C(=O)O)OCC1c2ccccc2-c2ccccc21. The summed E-state index contributed by atoms with van der Waals surface area (Å²) in [4.78, 5) is 24.2. The molecule has 1 aliphatic rings. The number of hydrogen-bond acceptors (Lipinski definition) is 3. The van der Waals surface area contributed by atoms with Crippen molar-refractivity contribution in [3.8, 4) is 11.1 Å². The fourth-order valence-corrected chi connectivity index (χ4v) is 4.57. The van der Waals surface area contributed by atoms with E-state index in [9.17, 15) is 27.9 Å². The van der Waals surface area contributed by atoms with Crippen LogP contribution in [0.5, 0.6) is 0 Å². The van der Waals surface area contributed by atoms with Gasteiger partial charge in [0.1, 0.15) is 12.6 Å². The summed E-state index contributed by atoms with van der Waals surface area (Å²) in [6.45, 7) is -0.0766. The Balaban J connectivity index is 1.49. The highest BCUT2D eigenvalue weighted by atomic mass is 35.5. The Bertz CT molecular complexity index is 1250. The first-order valence-electron chi connectivity index (χ1n) is 10.5. The molecule has 0 fully saturated rings. The second-order valence-electron chi connectivity index (χ2n) is 7.99. The zero-order chi connectivity index (χ0) is 25.3. The average Bonchev–Trinajstić information content (AvgIpc) is 3.12. The van der Waals surface area contributed by atoms with Crippen molar-refractivity contribution in [2.75, 3.05) is 6.61 Å². The molecule has 5 nitrogen and oxygen atoms in total. The average molecular weight is 524 g/mol. The van der Waals surface area contributed by atoms with Gasteiger partial charge in [0.15, 0.2) is 0 Å². The van der Waals surface area contributed by atoms with Gasteiger partial charge in [-0.05, 0) is 39.9 Å². The lowest BCUT2D eigenvalue weighted by Gasteiger charge is -2.20. The summed E-state index contributed by atoms with van der Waals surface area (Å²) in [5.41, 5.74) is 2.40. The van der Waals surface area contributed by atoms with E-state index in [-0.39, 0.29) is 22.6 Å². The van der Waals surface area contributed by atoms with Gasteiger partial charge in [0.25, 0.3) is 0 Å². The van der Waals surface area contributed by atoms with Crippen LogP contribution < -0.4 is 5.32 Å². The molecule has 0 aromatic heterocycles. The van der Waals surface area contributed by atoms with E-state index < -0.39 is 41.8 Å². The van der Waals surface area contributed by atoms with Crippen LogP contribution in [-0.2, 0) is 22.1 Å². The molecule has 0 spiro atoms. The molecule has 1 atom stereocenters. The Kier molecular flexibility index (Phi) is 6.96. The number of carboxylic acids is 1. The standard InChI is InChI=1S/C25H18Cl2F3NO4/c26-20-9-13(19(11-21(20)27)25(28,29)30)10-22(23(32)33)31-24(34)35-12-18-16-7-3-1-5-14(16)15-6-2-4-8-17(15)18/h1-9,11,18,22H,10,12H2,(H,31,34)(H,32,33). The molecule has 1 aliphatic carbocycles. The van der Waals surface area contributed by atoms with Crippen molar-refractivity contribution in [3.05, 3.63) is 93.0 Å². The van der Waals surface area contributed by atoms with Crippen LogP contribution in [-0.4, -0.2) is 29.8 Å². The summed E-state index contributed by atoms with van der Waals surface area (Å²) in [6, 6.07) is 15.2. The number of alkyl carbamates (subject to hydrolysis) is 1. The zero-order valence-corrected chi connectivity index (χ0v) is 19.4. The van der Waals surface area contributed by atoms with Crippen LogP contribution in [0.15, 0.2) is 60.7 Å². The Hall–Kier alpha value is -3.23. The first-order valence-corrected chi connectivity index (χ1v) is 11.2. The van der Waals surface area contributed by atoms with Crippen molar-refractivity contribution < 1.29 is 32.6 Å². The van der Waals surface area contributed by atoms with E-state index in [0.717, 1.165) is 28.3 Å². The topological polar surface area (TPSA) is 75.6 Å². The van der Waals surface area contributed by atoms with Gasteiger partial charge in [0.2, 0.25) is 0 Å². The largest absolute Gasteiger partial charge is 0.480 e. The first kappa shape index (κ1) is 24.9. The monoisotopic (exact) mass is 523 g/mol. The fourth-order valence-electron chi connectivity index (χ4n) is 4.22. The van der Waals surface area contributed by atoms with Crippen LogP contribution in [0.4, 0.5) is 18.0 Å². The number of alkyl halides is 3. The Labute approximate surface area is 208 Å². The molecule has 0 saturated heterocycles. The summed E-state index contributed by atoms with van der Waals surface area (Å²) >= 11 is 11.6. The summed E-state index contributed by atoms with van der Waals surface area (Å²) in [6.07, 6.45) is -6.53. The molecule has 2 N–H and O–H groups in total. The van der Waals surface area contributed by atoms with E-state index in [2.05, 4.69) is 5.32 Å². The molecule has 1 unspecified atom stereocenters. The van der Waals surface area contributed by atoms with Crippen molar-refractivity contribution in [3.63, 3.8) is 0 Å². The van der Waals surface area contributed by atoms with E-state index in [1.165, 1.54) is 0 Å². The van der Waals surface area contributed by atoms with Crippen molar-refractivity contribution >= 4 is 35.3 Å². The van der Waals surface area contributed by atoms with Gasteiger partial charge in [-0.1, -0.05) is 71.7 Å². The third-order valence-electron chi connectivity index (χ3n) is 5.81. The molecule has 0 aliphatic heterocycles. The highest BCUT2D eigenvalue weighted by Gasteiger charge is 2.36. The highest BCUT2D eigenvalue weighted by molar-refractivity contribution is 6.42. The van der Waals surface area contributed by atoms with Gasteiger partial charge >= 0.3 is 18.2 Å². The maximum absolute atomic E-state index is 13.4. The van der Waals surface area contributed by atoms with Crippen LogP contribution in [0.3, 0.4) is 0 Å². The molecule has 1 amide bonds. The first-order chi connectivity index (χ1) is 16.6. The molecule has 0 heterocycles. The quantitative estimate of drug-likeness (QED) is 0.384. The molecule has 3 aromatic carbocycles. The van der Waals surface area contributed by atoms with E-state index >= 15 is 0 Å². The Morgan fingerprint density at radius 1 is 0.971 bits per heavy atom. The third-order valence-corrected chi connectivity index (χ3v) is 6.53. The molecule has 4 rings (SSSR count). The highest BCUT2D eigenvalue weighted by Crippen LogP contribution is 2.44. The number of amides is 1. The van der Waals surface area contributed by atoms with E-state index in [1.807, 2.05) is 48.5 Å². The van der Waals surface area contributed by atoms with E-state index in [0.29, 0.717) is 6.07 Å². The molecule has 3 aromatic rings. The number of carboxylic acid groups (broad SMARTS) is 1. The molecular weight excluding hydrogens is 506 g/mol. The number of benzene rings is 3. The van der Waals surface area contributed by atoms with Gasteiger partial charge in [0.05, 0.1) is 15.6 Å². The molecule has 0 bridgehead atoms. The van der Waals surface area contributed by atoms with Gasteiger partial charge < -0.3 is 15.2 Å². The number of aliphatic carboxylic acids is 1. The van der Waals surface area contributed by atoms with Gasteiger partial charge in [-0.15, -0.1) is 0 Å². The zero-order valence-electron chi connectivity index (χ0n) is 17.9. The fraction of sp³-hybridized carbons (Fsp3) is 0.200. The lowest BCUT2D eigenvalue weighted by atomic mass is 9.98. The number of carbonyl (C=O) groups is 2. The molecule has 0 saturated carbocycles. The van der Waals surface area contributed by atoms with Crippen LogP contribution in [0.2, 0.25) is 10.0 Å². The van der Waals surface area contributed by atoms with E-state index in [1.54, 1.807) is 0 Å². The molecular formula is C25H18Cl2F3NO4. The second kappa shape index (κ2) is 9.79. The third kappa shape index (κ3) is 5.23. The lowest BCUT2D eigenvalue weighted by Crippen LogP contribution is -2.43. The smallest absolute Gasteiger partial charge is 0.416 e. The van der Waals surface area contributed by atoms with Gasteiger partial charge in [0, 0.05) is 12.3 Å². The number of ether oxygens (including phenoxy) is 1. The molecule has 10 heteroatoms. The number of rotatable bonds is 6. The maximum Gasteiger partial charge on any atom is 0.416 e. The molecule has 35 heavy (non-hydrogen) atoms. The normalized spacial score (nSPS) is 13.6. The Morgan fingerprint density at radius 2 is 1.51 bits per heavy atom. The summed E-state index contributed by atoms with van der Waals surface area (Å²) in [7, 11) is 0. The number of carbonyl (C=O) groups excluding carboxylic acids is 1. The number of nitrogens with one attached hydrogen (secondary N) is 1. The summed E-state index contributed by atoms with van der Waals surface area (Å²) < 4.78 is 45.7. The molecule has 0 radical (unpaired) electrons. The van der Waals surface area contributed by atoms with Crippen molar-refractivity contribution in [1.82, 2.24) is 5.32 Å². The lowest BCUT2D eigenvalue weighted by molar-refractivity contribution is -0.141. The Morgan fingerprint density at radius 3 is 2.06 bits per heavy atom. The predicted molar refractivity (Wildman–Crippen MR) is 125 cm³/mol. The van der Waals surface area contributed by atoms with Crippen LogP contribution >= 0.6 is 23.2 Å². The van der Waals surface area contributed by atoms with Crippen molar-refractivity contribution in [2.24, 2.45) is 0 Å². The molecule has 182 valence electrons. The minimum Gasteiger partial charge on any atom is -0.480 e. The maximum atomic E-state index is 13.4. The van der Waals surface area contributed by atoms with Gasteiger partial charge in [-0.25, -0.2) is 9.59 Å². The van der Waals surface area contributed by atoms with Crippen LogP contribution in [0.1, 0.15) is 28.2 Å². The van der Waals surface area contributed by atoms with Gasteiger partial charge in [-0.2, -0.15) is 13.2 Å². The minimum absolute atomic E-state index is 0.0766. The van der Waals surface area contributed by atoms with Crippen LogP contribution in [0.25, 0.3) is 11.1 Å². The van der Waals surface area contributed by atoms with E-state index in [4.69, 9.17) is 27.9 Å². The van der Waals surface area contributed by atoms with Crippen LogP contribution in [0, 0.1) is 0 Å². The predicted octanol–water partition coefficient (Wildman–Crippen LogP) is 6.55. The number of fused-ring (bicyclic) bond motifs is 3. The van der Waals surface area contributed by atoms with Gasteiger partial charge in [-0.3, -0.25) is 0 Å². The second-order valence-corrected chi connectivity index (χ2v) is 8.80.